The lowest BCUT2D eigenvalue weighted by Gasteiger charge is -2.10. The molecule has 0 aliphatic carbocycles. The zero-order chi connectivity index (χ0) is 15.4. The maximum absolute atomic E-state index is 12.5. The summed E-state index contributed by atoms with van der Waals surface area (Å²) in [5.74, 6) is 0.542. The average molecular weight is 307 g/mol. The van der Waals surface area contributed by atoms with Gasteiger partial charge < -0.3 is 0 Å². The van der Waals surface area contributed by atoms with Gasteiger partial charge in [0.1, 0.15) is 5.15 Å². The predicted octanol–water partition coefficient (Wildman–Crippen LogP) is 3.29. The van der Waals surface area contributed by atoms with Crippen LogP contribution < -0.4 is 11.2 Å². The van der Waals surface area contributed by atoms with E-state index in [0.717, 1.165) is 12.8 Å². The number of H-pyrrole nitrogens is 1. The number of rotatable bonds is 5. The maximum atomic E-state index is 12.5. The first kappa shape index (κ1) is 15.6. The summed E-state index contributed by atoms with van der Waals surface area (Å²) in [5, 5.41) is 0.0938. The van der Waals surface area contributed by atoms with Crippen molar-refractivity contribution in [2.24, 2.45) is 5.92 Å². The third kappa shape index (κ3) is 3.64. The van der Waals surface area contributed by atoms with Gasteiger partial charge in [-0.05, 0) is 24.3 Å². The van der Waals surface area contributed by atoms with Crippen molar-refractivity contribution in [1.82, 2.24) is 9.55 Å². The summed E-state index contributed by atoms with van der Waals surface area (Å²) < 4.78 is 1.23. The molecule has 1 aromatic heterocycles. The Hall–Kier alpha value is -1.81. The highest BCUT2D eigenvalue weighted by molar-refractivity contribution is 6.32. The summed E-state index contributed by atoms with van der Waals surface area (Å²) in [4.78, 5) is 27.0. The lowest BCUT2D eigenvalue weighted by Crippen LogP contribution is -2.36. The van der Waals surface area contributed by atoms with E-state index >= 15 is 0 Å². The van der Waals surface area contributed by atoms with Crippen LogP contribution in [0.3, 0.4) is 0 Å². The van der Waals surface area contributed by atoms with Crippen LogP contribution in [0.1, 0.15) is 26.7 Å². The first-order valence-electron chi connectivity index (χ1n) is 7.08. The lowest BCUT2D eigenvalue weighted by atomic mass is 10.1. The van der Waals surface area contributed by atoms with E-state index < -0.39 is 5.69 Å². The highest BCUT2D eigenvalue weighted by Crippen LogP contribution is 2.20. The molecule has 4 nitrogen and oxygen atoms in total. The zero-order valence-electron chi connectivity index (χ0n) is 12.2. The number of nitrogens with zero attached hydrogens (tertiary/aromatic N) is 1. The van der Waals surface area contributed by atoms with Crippen LogP contribution in [0.25, 0.3) is 11.1 Å². The van der Waals surface area contributed by atoms with Crippen molar-refractivity contribution in [3.05, 3.63) is 56.3 Å². The second-order valence-electron chi connectivity index (χ2n) is 5.48. The van der Waals surface area contributed by atoms with Crippen LogP contribution in [0.2, 0.25) is 5.15 Å². The second-order valence-corrected chi connectivity index (χ2v) is 5.86. The van der Waals surface area contributed by atoms with E-state index in [4.69, 9.17) is 11.6 Å². The molecule has 2 rings (SSSR count). The molecule has 2 aromatic rings. The van der Waals surface area contributed by atoms with E-state index in [1.54, 1.807) is 12.1 Å². The number of nitrogens with one attached hydrogen (secondary N) is 1. The fraction of sp³-hybridized carbons (Fsp3) is 0.375. The molecule has 0 atom stereocenters. The molecule has 21 heavy (non-hydrogen) atoms. The average Bonchev–Trinajstić information content (AvgIpc) is 2.43. The third-order valence-electron chi connectivity index (χ3n) is 3.37. The highest BCUT2D eigenvalue weighted by Gasteiger charge is 2.14. The van der Waals surface area contributed by atoms with E-state index in [1.165, 1.54) is 4.57 Å². The van der Waals surface area contributed by atoms with Crippen LogP contribution in [0.5, 0.6) is 0 Å². The molecule has 1 N–H and O–H groups in total. The molecule has 0 aliphatic heterocycles. The van der Waals surface area contributed by atoms with Crippen molar-refractivity contribution in [2.45, 2.75) is 33.2 Å². The molecule has 5 heteroatoms. The summed E-state index contributed by atoms with van der Waals surface area (Å²) in [5.41, 5.74) is 0.273. The van der Waals surface area contributed by atoms with Gasteiger partial charge in [-0.3, -0.25) is 14.3 Å². The molecule has 1 heterocycles. The number of aromatic amines is 1. The minimum absolute atomic E-state index is 0.0938. The number of hydrogen-bond acceptors (Lipinski definition) is 2. The SMILES string of the molecule is CC(C)CCCn1c(=O)[nH]c(Cl)c(-c2ccccc2)c1=O. The number of aromatic nitrogens is 2. The molecule has 0 amide bonds. The summed E-state index contributed by atoms with van der Waals surface area (Å²) in [6.07, 6.45) is 1.76. The van der Waals surface area contributed by atoms with Gasteiger partial charge in [-0.2, -0.15) is 0 Å². The van der Waals surface area contributed by atoms with Crippen LogP contribution in [0, 0.1) is 5.92 Å². The van der Waals surface area contributed by atoms with Crippen LogP contribution in [0.4, 0.5) is 0 Å². The van der Waals surface area contributed by atoms with Crippen LogP contribution in [-0.2, 0) is 6.54 Å². The first-order chi connectivity index (χ1) is 10.0. The van der Waals surface area contributed by atoms with E-state index in [1.807, 2.05) is 18.2 Å². The topological polar surface area (TPSA) is 54.9 Å². The lowest BCUT2D eigenvalue weighted by molar-refractivity contribution is 0.496. The molecule has 112 valence electrons. The highest BCUT2D eigenvalue weighted by atomic mass is 35.5. The smallest absolute Gasteiger partial charge is 0.297 e. The summed E-state index contributed by atoms with van der Waals surface area (Å²) in [7, 11) is 0. The molecular weight excluding hydrogens is 288 g/mol. The molecular formula is C16H19ClN2O2. The van der Waals surface area contributed by atoms with Crippen molar-refractivity contribution in [2.75, 3.05) is 0 Å². The zero-order valence-corrected chi connectivity index (χ0v) is 13.0. The van der Waals surface area contributed by atoms with Gasteiger partial charge in [0.2, 0.25) is 0 Å². The van der Waals surface area contributed by atoms with E-state index in [-0.39, 0.29) is 10.7 Å². The first-order valence-corrected chi connectivity index (χ1v) is 7.46. The van der Waals surface area contributed by atoms with Crippen LogP contribution >= 0.6 is 11.6 Å². The molecule has 0 spiro atoms. The Kier molecular flexibility index (Phi) is 5.02. The van der Waals surface area contributed by atoms with Crippen molar-refractivity contribution in [1.29, 1.82) is 0 Å². The minimum atomic E-state index is -0.451. The predicted molar refractivity (Wildman–Crippen MR) is 85.8 cm³/mol. The summed E-state index contributed by atoms with van der Waals surface area (Å²) in [6, 6.07) is 9.14. The van der Waals surface area contributed by atoms with Crippen LogP contribution in [0.15, 0.2) is 39.9 Å². The number of benzene rings is 1. The van der Waals surface area contributed by atoms with Crippen molar-refractivity contribution < 1.29 is 0 Å². The van der Waals surface area contributed by atoms with Gasteiger partial charge in [-0.15, -0.1) is 0 Å². The molecule has 0 fully saturated rings. The standard InChI is InChI=1S/C16H19ClN2O2/c1-11(2)7-6-10-19-15(20)13(14(17)18-16(19)21)12-8-4-3-5-9-12/h3-5,8-9,11H,6-7,10H2,1-2H3,(H,18,21). The monoisotopic (exact) mass is 306 g/mol. The van der Waals surface area contributed by atoms with Gasteiger partial charge in [-0.1, -0.05) is 55.8 Å². The van der Waals surface area contributed by atoms with Crippen molar-refractivity contribution in [3.8, 4) is 11.1 Å². The molecule has 0 aliphatic rings. The van der Waals surface area contributed by atoms with Gasteiger partial charge in [-0.25, -0.2) is 4.79 Å². The Morgan fingerprint density at radius 3 is 2.48 bits per heavy atom. The molecule has 1 aromatic carbocycles. The molecule has 0 saturated heterocycles. The quantitative estimate of drug-likeness (QED) is 0.862. The van der Waals surface area contributed by atoms with E-state index in [2.05, 4.69) is 18.8 Å². The summed E-state index contributed by atoms with van der Waals surface area (Å²) in [6.45, 7) is 4.64. The van der Waals surface area contributed by atoms with Crippen molar-refractivity contribution >= 4 is 11.6 Å². The Balaban J connectivity index is 2.44. The fourth-order valence-corrected chi connectivity index (χ4v) is 2.53. The van der Waals surface area contributed by atoms with Gasteiger partial charge >= 0.3 is 5.69 Å². The Labute approximate surface area is 128 Å². The Bertz CT molecular complexity index is 717. The Morgan fingerprint density at radius 2 is 1.86 bits per heavy atom. The normalized spacial score (nSPS) is 11.0. The second kappa shape index (κ2) is 6.76. The number of hydrogen-bond donors (Lipinski definition) is 1. The van der Waals surface area contributed by atoms with E-state index in [9.17, 15) is 9.59 Å². The van der Waals surface area contributed by atoms with Gasteiger partial charge in [0.25, 0.3) is 5.56 Å². The third-order valence-corrected chi connectivity index (χ3v) is 3.65. The van der Waals surface area contributed by atoms with Gasteiger partial charge in [0.15, 0.2) is 0 Å². The molecule has 0 saturated carbocycles. The summed E-state index contributed by atoms with van der Waals surface area (Å²) >= 11 is 6.06. The maximum Gasteiger partial charge on any atom is 0.329 e. The van der Waals surface area contributed by atoms with Crippen LogP contribution in [-0.4, -0.2) is 9.55 Å². The van der Waals surface area contributed by atoms with Gasteiger partial charge in [0.05, 0.1) is 5.56 Å². The van der Waals surface area contributed by atoms with Gasteiger partial charge in [0, 0.05) is 6.54 Å². The molecule has 0 unspecified atom stereocenters. The largest absolute Gasteiger partial charge is 0.329 e. The minimum Gasteiger partial charge on any atom is -0.297 e. The molecule has 0 radical (unpaired) electrons. The Morgan fingerprint density at radius 1 is 1.19 bits per heavy atom. The van der Waals surface area contributed by atoms with Crippen molar-refractivity contribution in [3.63, 3.8) is 0 Å². The molecule has 0 bridgehead atoms. The van der Waals surface area contributed by atoms with E-state index in [0.29, 0.717) is 23.6 Å². The fourth-order valence-electron chi connectivity index (χ4n) is 2.26. The number of halogens is 1.